The van der Waals surface area contributed by atoms with E-state index < -0.39 is 35.0 Å². The molecule has 0 atom stereocenters. The second-order valence-corrected chi connectivity index (χ2v) is 9.14. The van der Waals surface area contributed by atoms with Crippen LogP contribution in [0.3, 0.4) is 0 Å². The van der Waals surface area contributed by atoms with Gasteiger partial charge in [-0.1, -0.05) is 30.3 Å². The molecule has 2 aromatic carbocycles. The van der Waals surface area contributed by atoms with Crippen molar-refractivity contribution >= 4 is 29.5 Å². The molecule has 0 radical (unpaired) electrons. The Balaban J connectivity index is 2.57. The summed E-state index contributed by atoms with van der Waals surface area (Å²) in [5, 5.41) is 8.66. The molecular formula is C24H29N3O5. The Morgan fingerprint density at radius 2 is 1.31 bits per heavy atom. The third-order valence-corrected chi connectivity index (χ3v) is 3.96. The number of benzene rings is 2. The van der Waals surface area contributed by atoms with Crippen molar-refractivity contribution < 1.29 is 23.9 Å². The van der Waals surface area contributed by atoms with Crippen molar-refractivity contribution in [1.82, 2.24) is 4.90 Å². The number of imide groups is 1. The molecular weight excluding hydrogens is 410 g/mol. The van der Waals surface area contributed by atoms with Gasteiger partial charge in [0.2, 0.25) is 0 Å². The second kappa shape index (κ2) is 9.21. The van der Waals surface area contributed by atoms with Gasteiger partial charge in [-0.15, -0.1) is 0 Å². The number of nitrogens with one attached hydrogen (secondary N) is 1. The summed E-state index contributed by atoms with van der Waals surface area (Å²) >= 11 is 0. The summed E-state index contributed by atoms with van der Waals surface area (Å²) < 4.78 is 10.6. The largest absolute Gasteiger partial charge is 0.443 e. The highest BCUT2D eigenvalue weighted by atomic mass is 16.6. The highest BCUT2D eigenvalue weighted by Gasteiger charge is 2.36. The number of carbonyl (C=O) groups is 3. The molecule has 0 aliphatic rings. The highest BCUT2D eigenvalue weighted by Crippen LogP contribution is 2.23. The number of hydrogen-bond donors (Lipinski definition) is 2. The molecule has 0 heterocycles. The van der Waals surface area contributed by atoms with Crippen LogP contribution in [0, 0.1) is 5.41 Å². The van der Waals surface area contributed by atoms with E-state index in [1.54, 1.807) is 71.9 Å². The third kappa shape index (κ3) is 6.41. The predicted octanol–water partition coefficient (Wildman–Crippen LogP) is 5.00. The third-order valence-electron chi connectivity index (χ3n) is 3.96. The first-order chi connectivity index (χ1) is 14.7. The fourth-order valence-corrected chi connectivity index (χ4v) is 2.69. The Morgan fingerprint density at radius 3 is 1.78 bits per heavy atom. The van der Waals surface area contributed by atoms with E-state index >= 15 is 0 Å². The Hall–Kier alpha value is -3.68. The van der Waals surface area contributed by atoms with Crippen LogP contribution in [0.2, 0.25) is 0 Å². The number of anilines is 1. The van der Waals surface area contributed by atoms with Crippen LogP contribution in [0.5, 0.6) is 0 Å². The van der Waals surface area contributed by atoms with Crippen LogP contribution in [-0.2, 0) is 9.47 Å². The first kappa shape index (κ1) is 24.6. The van der Waals surface area contributed by atoms with Crippen LogP contribution in [-0.4, -0.2) is 39.9 Å². The summed E-state index contributed by atoms with van der Waals surface area (Å²) in [6.07, 6.45) is -2.18. The summed E-state index contributed by atoms with van der Waals surface area (Å²) in [6.45, 7) is 9.81. The van der Waals surface area contributed by atoms with Crippen molar-refractivity contribution in [2.75, 3.05) is 5.73 Å². The fourth-order valence-electron chi connectivity index (χ4n) is 2.69. The van der Waals surface area contributed by atoms with E-state index in [2.05, 4.69) is 0 Å². The van der Waals surface area contributed by atoms with E-state index in [0.29, 0.717) is 16.2 Å². The van der Waals surface area contributed by atoms with Crippen molar-refractivity contribution in [3.63, 3.8) is 0 Å². The van der Waals surface area contributed by atoms with Gasteiger partial charge in [0.25, 0.3) is 0 Å². The molecule has 0 bridgehead atoms. The monoisotopic (exact) mass is 439 g/mol. The number of hydrogen-bond acceptors (Lipinski definition) is 7. The van der Waals surface area contributed by atoms with E-state index in [0.717, 1.165) is 0 Å². The molecule has 0 spiro atoms. The lowest BCUT2D eigenvalue weighted by atomic mass is 9.96. The summed E-state index contributed by atoms with van der Waals surface area (Å²) in [5.74, 6) is -0.973. The van der Waals surface area contributed by atoms with Gasteiger partial charge in [0.05, 0.1) is 0 Å². The molecule has 8 heteroatoms. The Kier molecular flexibility index (Phi) is 7.08. The Bertz CT molecular complexity index is 1010. The van der Waals surface area contributed by atoms with Crippen LogP contribution in [0.1, 0.15) is 63.0 Å². The van der Waals surface area contributed by atoms with E-state index in [-0.39, 0.29) is 11.1 Å². The molecule has 8 nitrogen and oxygen atoms in total. The van der Waals surface area contributed by atoms with Crippen LogP contribution >= 0.6 is 0 Å². The van der Waals surface area contributed by atoms with Gasteiger partial charge in [-0.2, -0.15) is 4.90 Å². The second-order valence-electron chi connectivity index (χ2n) is 9.14. The van der Waals surface area contributed by atoms with Crippen molar-refractivity contribution in [1.29, 1.82) is 5.41 Å². The average Bonchev–Trinajstić information content (AvgIpc) is 2.65. The quantitative estimate of drug-likeness (QED) is 0.300. The topological polar surface area (TPSA) is 123 Å². The maximum atomic E-state index is 13.1. The summed E-state index contributed by atoms with van der Waals surface area (Å²) in [6, 6.07) is 12.7. The summed E-state index contributed by atoms with van der Waals surface area (Å²) in [4.78, 5) is 39.4. The van der Waals surface area contributed by atoms with E-state index in [1.807, 2.05) is 0 Å². The number of carbonyl (C=O) groups excluding carboxylic acids is 3. The number of amidine groups is 1. The van der Waals surface area contributed by atoms with Gasteiger partial charge in [-0.05, 0) is 59.7 Å². The SMILES string of the molecule is CC(C)(C)OC(=O)N(C(=N)c1ccc(N)cc1C(=O)c1ccccc1)C(=O)OC(C)(C)C. The lowest BCUT2D eigenvalue weighted by Gasteiger charge is -2.29. The first-order valence-corrected chi connectivity index (χ1v) is 10.0. The molecule has 0 saturated carbocycles. The van der Waals surface area contributed by atoms with Crippen LogP contribution < -0.4 is 5.73 Å². The minimum atomic E-state index is -1.09. The van der Waals surface area contributed by atoms with Gasteiger partial charge in [0.15, 0.2) is 5.78 Å². The predicted molar refractivity (Wildman–Crippen MR) is 122 cm³/mol. The number of ether oxygens (including phenoxy) is 2. The lowest BCUT2D eigenvalue weighted by Crippen LogP contribution is -2.47. The smallest absolute Gasteiger partial charge is 0.425 e. The highest BCUT2D eigenvalue weighted by molar-refractivity contribution is 6.21. The number of ketones is 1. The molecule has 32 heavy (non-hydrogen) atoms. The van der Waals surface area contributed by atoms with Crippen LogP contribution in [0.15, 0.2) is 48.5 Å². The molecule has 0 aliphatic carbocycles. The molecule has 0 unspecified atom stereocenters. The number of nitrogens with zero attached hydrogens (tertiary/aromatic N) is 1. The molecule has 0 aromatic heterocycles. The molecule has 0 fully saturated rings. The Morgan fingerprint density at radius 1 is 0.812 bits per heavy atom. The van der Waals surface area contributed by atoms with E-state index in [4.69, 9.17) is 20.6 Å². The summed E-state index contributed by atoms with van der Waals surface area (Å²) in [7, 11) is 0. The zero-order valence-electron chi connectivity index (χ0n) is 19.2. The number of nitrogen functional groups attached to an aromatic ring is 1. The minimum Gasteiger partial charge on any atom is -0.443 e. The maximum Gasteiger partial charge on any atom is 0.425 e. The van der Waals surface area contributed by atoms with Crippen LogP contribution in [0.25, 0.3) is 0 Å². The first-order valence-electron chi connectivity index (χ1n) is 10.0. The number of amides is 2. The number of rotatable bonds is 3. The Labute approximate surface area is 187 Å². The maximum absolute atomic E-state index is 13.1. The molecule has 2 amide bonds. The van der Waals surface area contributed by atoms with Crippen molar-refractivity contribution in [2.45, 2.75) is 52.7 Å². The normalized spacial score (nSPS) is 11.4. The lowest BCUT2D eigenvalue weighted by molar-refractivity contribution is 0.0147. The number of nitrogens with two attached hydrogens (primary N) is 1. The van der Waals surface area contributed by atoms with E-state index in [9.17, 15) is 14.4 Å². The van der Waals surface area contributed by atoms with Gasteiger partial charge in [0, 0.05) is 22.4 Å². The van der Waals surface area contributed by atoms with Crippen molar-refractivity contribution in [2.24, 2.45) is 0 Å². The molecule has 0 saturated heterocycles. The average molecular weight is 440 g/mol. The molecule has 3 N–H and O–H groups in total. The zero-order chi connectivity index (χ0) is 24.3. The van der Waals surface area contributed by atoms with Gasteiger partial charge in [-0.3, -0.25) is 10.2 Å². The summed E-state index contributed by atoms with van der Waals surface area (Å²) in [5.41, 5.74) is 4.79. The standard InChI is InChI=1S/C24H29N3O5/c1-23(2,3)31-21(29)27(22(30)32-24(4,5)6)20(26)17-13-12-16(25)14-18(17)19(28)15-10-8-7-9-11-15/h7-14,26H,25H2,1-6H3. The minimum absolute atomic E-state index is 0.0322. The van der Waals surface area contributed by atoms with Gasteiger partial charge in [0.1, 0.15) is 17.0 Å². The molecule has 170 valence electrons. The van der Waals surface area contributed by atoms with Gasteiger partial charge < -0.3 is 15.2 Å². The fraction of sp³-hybridized carbons (Fsp3) is 0.333. The molecule has 0 aliphatic heterocycles. The molecule has 2 aromatic rings. The van der Waals surface area contributed by atoms with Crippen LogP contribution in [0.4, 0.5) is 15.3 Å². The van der Waals surface area contributed by atoms with Gasteiger partial charge >= 0.3 is 12.2 Å². The molecule has 2 rings (SSSR count). The van der Waals surface area contributed by atoms with Crippen molar-refractivity contribution in [3.8, 4) is 0 Å². The van der Waals surface area contributed by atoms with E-state index in [1.165, 1.54) is 18.2 Å². The van der Waals surface area contributed by atoms with Crippen molar-refractivity contribution in [3.05, 3.63) is 65.2 Å². The zero-order valence-corrected chi connectivity index (χ0v) is 19.2. The van der Waals surface area contributed by atoms with Gasteiger partial charge in [-0.25, -0.2) is 9.59 Å².